The Morgan fingerprint density at radius 3 is 2.19 bits per heavy atom. The van der Waals surface area contributed by atoms with Crippen molar-refractivity contribution in [3.63, 3.8) is 0 Å². The summed E-state index contributed by atoms with van der Waals surface area (Å²) in [4.78, 5) is 0.202. The summed E-state index contributed by atoms with van der Waals surface area (Å²) in [5.74, 6) is 3.47. The molecular weight excluding hydrogens is 362 g/mol. The molecule has 0 amide bonds. The molecule has 0 atom stereocenters. The van der Waals surface area contributed by atoms with Gasteiger partial charge in [-0.2, -0.15) is 5.10 Å². The maximum atomic E-state index is 12.7. The van der Waals surface area contributed by atoms with Gasteiger partial charge in [0.15, 0.2) is 5.82 Å². The Hall–Kier alpha value is -2.02. The van der Waals surface area contributed by atoms with Crippen molar-refractivity contribution in [3.8, 4) is 5.75 Å². The van der Waals surface area contributed by atoms with Crippen molar-refractivity contribution in [1.82, 2.24) is 9.78 Å². The lowest BCUT2D eigenvalue weighted by Gasteiger charge is -2.56. The molecule has 144 valence electrons. The molecule has 4 fully saturated rings. The Morgan fingerprint density at radius 1 is 1.04 bits per heavy atom. The molecule has 4 saturated carbocycles. The van der Waals surface area contributed by atoms with Crippen molar-refractivity contribution in [1.29, 1.82) is 0 Å². The van der Waals surface area contributed by atoms with Crippen LogP contribution in [0.25, 0.3) is 0 Å². The fraction of sp³-hybridized carbons (Fsp3) is 0.550. The average Bonchev–Trinajstić information content (AvgIpc) is 3.09. The Labute approximate surface area is 160 Å². The van der Waals surface area contributed by atoms with Crippen LogP contribution >= 0.6 is 0 Å². The van der Waals surface area contributed by atoms with E-state index in [2.05, 4.69) is 14.5 Å². The van der Waals surface area contributed by atoms with Crippen LogP contribution in [-0.4, -0.2) is 25.3 Å². The molecule has 6 rings (SSSR count). The molecule has 1 N–H and O–H groups in total. The maximum Gasteiger partial charge on any atom is 0.263 e. The largest absolute Gasteiger partial charge is 0.497 e. The quantitative estimate of drug-likeness (QED) is 0.850. The first-order chi connectivity index (χ1) is 13.0. The Morgan fingerprint density at radius 2 is 1.63 bits per heavy atom. The topological polar surface area (TPSA) is 73.2 Å². The van der Waals surface area contributed by atoms with E-state index in [1.54, 1.807) is 25.3 Å². The summed E-state index contributed by atoms with van der Waals surface area (Å²) >= 11 is 0. The molecule has 0 aliphatic heterocycles. The van der Waals surface area contributed by atoms with E-state index >= 15 is 0 Å². The molecule has 0 saturated heterocycles. The third-order valence-corrected chi connectivity index (χ3v) is 8.06. The molecule has 1 heterocycles. The molecule has 0 radical (unpaired) electrons. The number of nitrogens with one attached hydrogen (secondary N) is 1. The van der Waals surface area contributed by atoms with Crippen LogP contribution in [0.2, 0.25) is 0 Å². The number of hydrogen-bond donors (Lipinski definition) is 1. The molecule has 27 heavy (non-hydrogen) atoms. The second kappa shape index (κ2) is 5.99. The van der Waals surface area contributed by atoms with Gasteiger partial charge >= 0.3 is 0 Å². The number of benzene rings is 1. The molecule has 0 unspecified atom stereocenters. The van der Waals surface area contributed by atoms with Crippen LogP contribution in [0.3, 0.4) is 0 Å². The van der Waals surface area contributed by atoms with Crippen LogP contribution in [0.5, 0.6) is 5.75 Å². The molecule has 4 aliphatic rings. The zero-order chi connectivity index (χ0) is 18.6. The van der Waals surface area contributed by atoms with Gasteiger partial charge in [-0.15, -0.1) is 0 Å². The van der Waals surface area contributed by atoms with Crippen LogP contribution < -0.4 is 9.46 Å². The predicted octanol–water partition coefficient (Wildman–Crippen LogP) is 3.62. The van der Waals surface area contributed by atoms with Crippen LogP contribution in [-0.2, 0) is 15.6 Å². The van der Waals surface area contributed by atoms with E-state index in [1.807, 2.05) is 6.20 Å². The zero-order valence-corrected chi connectivity index (χ0v) is 16.3. The number of methoxy groups -OCH3 is 1. The SMILES string of the molecule is COc1ccc(S(=O)(=O)Nc2ccn(C34CC5CC(CC(C5)C3)C4)n2)cc1. The number of rotatable bonds is 5. The number of anilines is 1. The summed E-state index contributed by atoms with van der Waals surface area (Å²) in [6, 6.07) is 8.14. The third-order valence-electron chi connectivity index (χ3n) is 6.69. The summed E-state index contributed by atoms with van der Waals surface area (Å²) in [5, 5.41) is 4.65. The fourth-order valence-electron chi connectivity index (χ4n) is 5.94. The first kappa shape index (κ1) is 17.1. The zero-order valence-electron chi connectivity index (χ0n) is 15.5. The van der Waals surface area contributed by atoms with Gasteiger partial charge in [-0.3, -0.25) is 9.40 Å². The highest BCUT2D eigenvalue weighted by molar-refractivity contribution is 7.92. The number of ether oxygens (including phenoxy) is 1. The van der Waals surface area contributed by atoms with E-state index in [9.17, 15) is 8.42 Å². The van der Waals surface area contributed by atoms with Gasteiger partial charge in [0, 0.05) is 12.3 Å². The standard InChI is InChI=1S/C20H25N3O3S/c1-26-17-2-4-18(5-3-17)27(24,25)22-19-6-7-23(21-19)20-11-14-8-15(12-20)10-16(9-14)13-20/h2-7,14-16H,8-13H2,1H3,(H,21,22). The predicted molar refractivity (Wildman–Crippen MR) is 102 cm³/mol. The molecule has 1 aromatic carbocycles. The van der Waals surface area contributed by atoms with Crippen LogP contribution in [0.1, 0.15) is 38.5 Å². The van der Waals surface area contributed by atoms with E-state index in [0.717, 1.165) is 17.8 Å². The lowest BCUT2D eigenvalue weighted by molar-refractivity contribution is -0.0492. The van der Waals surface area contributed by atoms with Gasteiger partial charge in [0.25, 0.3) is 10.0 Å². The van der Waals surface area contributed by atoms with Gasteiger partial charge in [0.05, 0.1) is 17.5 Å². The van der Waals surface area contributed by atoms with Crippen LogP contribution in [0.4, 0.5) is 5.82 Å². The normalized spacial score (nSPS) is 31.8. The lowest BCUT2D eigenvalue weighted by atomic mass is 9.53. The van der Waals surface area contributed by atoms with E-state index in [0.29, 0.717) is 11.6 Å². The number of sulfonamides is 1. The molecule has 6 nitrogen and oxygen atoms in total. The van der Waals surface area contributed by atoms with E-state index < -0.39 is 10.0 Å². The smallest absolute Gasteiger partial charge is 0.263 e. The number of aromatic nitrogens is 2. The molecule has 2 aromatic rings. The van der Waals surface area contributed by atoms with Crippen LogP contribution in [0.15, 0.2) is 41.4 Å². The fourth-order valence-corrected chi connectivity index (χ4v) is 6.94. The molecule has 4 aliphatic carbocycles. The number of hydrogen-bond acceptors (Lipinski definition) is 4. The third kappa shape index (κ3) is 2.92. The summed E-state index contributed by atoms with van der Waals surface area (Å²) in [5.41, 5.74) is 0.0958. The minimum absolute atomic E-state index is 0.0958. The van der Waals surface area contributed by atoms with Gasteiger partial charge in [-0.05, 0) is 80.5 Å². The van der Waals surface area contributed by atoms with Gasteiger partial charge in [-0.25, -0.2) is 8.42 Å². The van der Waals surface area contributed by atoms with Crippen molar-refractivity contribution in [3.05, 3.63) is 36.5 Å². The average molecular weight is 388 g/mol. The molecule has 0 spiro atoms. The minimum atomic E-state index is -3.66. The molecular formula is C20H25N3O3S. The monoisotopic (exact) mass is 387 g/mol. The maximum absolute atomic E-state index is 12.7. The highest BCUT2D eigenvalue weighted by Gasteiger charge is 2.52. The second-order valence-corrected chi connectivity index (χ2v) is 10.3. The van der Waals surface area contributed by atoms with Gasteiger partial charge in [0.2, 0.25) is 0 Å². The lowest BCUT2D eigenvalue weighted by Crippen LogP contribution is -2.52. The van der Waals surface area contributed by atoms with Crippen LogP contribution in [0, 0.1) is 17.8 Å². The summed E-state index contributed by atoms with van der Waals surface area (Å²) < 4.78 is 35.1. The second-order valence-electron chi connectivity index (χ2n) is 8.57. The summed E-state index contributed by atoms with van der Waals surface area (Å²) in [6.07, 6.45) is 9.63. The summed E-state index contributed by atoms with van der Waals surface area (Å²) in [6.45, 7) is 0. The highest BCUT2D eigenvalue weighted by atomic mass is 32.2. The Balaban J connectivity index is 1.38. The highest BCUT2D eigenvalue weighted by Crippen LogP contribution is 2.58. The van der Waals surface area contributed by atoms with Gasteiger partial charge in [-0.1, -0.05) is 0 Å². The van der Waals surface area contributed by atoms with Crippen molar-refractivity contribution >= 4 is 15.8 Å². The molecule has 4 bridgehead atoms. The van der Waals surface area contributed by atoms with Crippen molar-refractivity contribution < 1.29 is 13.2 Å². The molecule has 1 aromatic heterocycles. The van der Waals surface area contributed by atoms with E-state index in [-0.39, 0.29) is 10.4 Å². The Bertz CT molecular complexity index is 914. The van der Waals surface area contributed by atoms with Crippen molar-refractivity contribution in [2.75, 3.05) is 11.8 Å². The summed E-state index contributed by atoms with van der Waals surface area (Å²) in [7, 11) is -2.11. The van der Waals surface area contributed by atoms with E-state index in [4.69, 9.17) is 4.74 Å². The molecule has 7 heteroatoms. The first-order valence-corrected chi connectivity index (χ1v) is 11.2. The first-order valence-electron chi connectivity index (χ1n) is 9.69. The van der Waals surface area contributed by atoms with Crippen molar-refractivity contribution in [2.24, 2.45) is 17.8 Å². The van der Waals surface area contributed by atoms with Gasteiger partial charge < -0.3 is 4.74 Å². The van der Waals surface area contributed by atoms with Crippen molar-refractivity contribution in [2.45, 2.75) is 49.0 Å². The minimum Gasteiger partial charge on any atom is -0.497 e. The van der Waals surface area contributed by atoms with Gasteiger partial charge in [0.1, 0.15) is 5.75 Å². The van der Waals surface area contributed by atoms with E-state index in [1.165, 1.54) is 50.7 Å². The number of nitrogens with zero attached hydrogens (tertiary/aromatic N) is 2. The Kier molecular flexibility index (Phi) is 3.79.